The molecule has 0 aromatic heterocycles. The van der Waals surface area contributed by atoms with Crippen molar-refractivity contribution in [2.45, 2.75) is 33.4 Å². The Kier molecular flexibility index (Phi) is 7.36. The van der Waals surface area contributed by atoms with Gasteiger partial charge in [0.25, 0.3) is 0 Å². The standard InChI is InChI=1S/C12H27NO4Si/c1-5-15-18(16-6-2,17-7-3)12(4)13-8-10-14-11-9-13/h12H,5-11H2,1-4H3. The van der Waals surface area contributed by atoms with Gasteiger partial charge >= 0.3 is 8.80 Å². The van der Waals surface area contributed by atoms with Crippen LogP contribution in [0.4, 0.5) is 0 Å². The maximum atomic E-state index is 5.94. The minimum atomic E-state index is -2.62. The lowest BCUT2D eigenvalue weighted by molar-refractivity contribution is -0.00352. The molecule has 1 atom stereocenters. The van der Waals surface area contributed by atoms with Gasteiger partial charge in [0.05, 0.1) is 18.9 Å². The predicted octanol–water partition coefficient (Wildman–Crippen LogP) is 1.29. The van der Waals surface area contributed by atoms with Crippen molar-refractivity contribution < 1.29 is 18.0 Å². The van der Waals surface area contributed by atoms with Crippen LogP contribution < -0.4 is 0 Å². The fraction of sp³-hybridized carbons (Fsp3) is 1.00. The third kappa shape index (κ3) is 4.01. The van der Waals surface area contributed by atoms with Crippen molar-refractivity contribution in [2.24, 2.45) is 0 Å². The summed E-state index contributed by atoms with van der Waals surface area (Å²) in [6, 6.07) is 0. The summed E-state index contributed by atoms with van der Waals surface area (Å²) >= 11 is 0. The third-order valence-corrected chi connectivity index (χ3v) is 6.60. The fourth-order valence-corrected chi connectivity index (χ4v) is 5.16. The van der Waals surface area contributed by atoms with E-state index in [4.69, 9.17) is 18.0 Å². The Balaban J connectivity index is 2.76. The molecule has 1 aliphatic heterocycles. The van der Waals surface area contributed by atoms with Crippen molar-refractivity contribution in [2.75, 3.05) is 46.1 Å². The molecule has 1 heterocycles. The van der Waals surface area contributed by atoms with Gasteiger partial charge in [-0.1, -0.05) is 0 Å². The van der Waals surface area contributed by atoms with Crippen molar-refractivity contribution in [3.05, 3.63) is 0 Å². The van der Waals surface area contributed by atoms with E-state index in [2.05, 4.69) is 11.8 Å². The Morgan fingerprint density at radius 3 is 1.83 bits per heavy atom. The zero-order valence-electron chi connectivity index (χ0n) is 12.1. The molecule has 1 unspecified atom stereocenters. The van der Waals surface area contributed by atoms with Crippen molar-refractivity contribution in [3.63, 3.8) is 0 Å². The van der Waals surface area contributed by atoms with E-state index in [0.717, 1.165) is 26.3 Å². The first-order valence-corrected chi connectivity index (χ1v) is 8.74. The quantitative estimate of drug-likeness (QED) is 0.625. The lowest BCUT2D eigenvalue weighted by Crippen LogP contribution is -2.63. The summed E-state index contributed by atoms with van der Waals surface area (Å²) in [5, 5.41) is 0. The van der Waals surface area contributed by atoms with E-state index in [1.807, 2.05) is 20.8 Å². The van der Waals surface area contributed by atoms with Crippen LogP contribution in [-0.2, 0) is 18.0 Å². The first kappa shape index (κ1) is 16.1. The second-order valence-corrected chi connectivity index (χ2v) is 7.14. The van der Waals surface area contributed by atoms with Gasteiger partial charge in [0, 0.05) is 32.9 Å². The minimum absolute atomic E-state index is 0.182. The van der Waals surface area contributed by atoms with Crippen LogP contribution in [0.15, 0.2) is 0 Å². The van der Waals surface area contributed by atoms with Gasteiger partial charge in [-0.05, 0) is 27.7 Å². The molecule has 1 saturated heterocycles. The second-order valence-electron chi connectivity index (χ2n) is 4.23. The maximum Gasteiger partial charge on any atom is 0.518 e. The number of hydrogen-bond acceptors (Lipinski definition) is 5. The molecule has 0 aromatic carbocycles. The van der Waals surface area contributed by atoms with Crippen LogP contribution in [0.2, 0.25) is 0 Å². The van der Waals surface area contributed by atoms with E-state index in [9.17, 15) is 0 Å². The van der Waals surface area contributed by atoms with Crippen LogP contribution >= 0.6 is 0 Å². The first-order valence-electron chi connectivity index (χ1n) is 6.93. The van der Waals surface area contributed by atoms with Gasteiger partial charge in [0.1, 0.15) is 0 Å². The van der Waals surface area contributed by atoms with E-state index < -0.39 is 8.80 Å². The van der Waals surface area contributed by atoms with Gasteiger partial charge in [0.2, 0.25) is 0 Å². The summed E-state index contributed by atoms with van der Waals surface area (Å²) < 4.78 is 23.2. The molecule has 0 bridgehead atoms. The number of rotatable bonds is 8. The molecule has 1 fully saturated rings. The van der Waals surface area contributed by atoms with Gasteiger partial charge in [-0.2, -0.15) is 0 Å². The van der Waals surface area contributed by atoms with Crippen molar-refractivity contribution >= 4 is 8.80 Å². The van der Waals surface area contributed by atoms with E-state index in [0.29, 0.717) is 19.8 Å². The largest absolute Gasteiger partial charge is 0.518 e. The smallest absolute Gasteiger partial charge is 0.379 e. The molecule has 0 aliphatic carbocycles. The molecule has 0 radical (unpaired) electrons. The van der Waals surface area contributed by atoms with Gasteiger partial charge in [-0.25, -0.2) is 0 Å². The summed E-state index contributed by atoms with van der Waals surface area (Å²) in [6.45, 7) is 13.4. The zero-order chi connectivity index (χ0) is 13.4. The number of hydrogen-bond donors (Lipinski definition) is 0. The Bertz CT molecular complexity index is 207. The molecule has 5 nitrogen and oxygen atoms in total. The van der Waals surface area contributed by atoms with Gasteiger partial charge < -0.3 is 18.0 Å². The average molecular weight is 277 g/mol. The van der Waals surface area contributed by atoms with Gasteiger partial charge in [-0.15, -0.1) is 0 Å². The van der Waals surface area contributed by atoms with E-state index in [1.54, 1.807) is 0 Å². The highest BCUT2D eigenvalue weighted by atomic mass is 28.4. The van der Waals surface area contributed by atoms with Gasteiger partial charge in [0.15, 0.2) is 0 Å². The molecular formula is C12H27NO4Si. The predicted molar refractivity (Wildman–Crippen MR) is 72.5 cm³/mol. The fourth-order valence-electron chi connectivity index (χ4n) is 2.28. The molecule has 1 rings (SSSR count). The SMILES string of the molecule is CCO[Si](OCC)(OCC)C(C)N1CCOCC1. The van der Waals surface area contributed by atoms with E-state index in [1.165, 1.54) is 0 Å². The summed E-state index contributed by atoms with van der Waals surface area (Å²) in [5.41, 5.74) is 0.182. The Morgan fingerprint density at radius 2 is 1.44 bits per heavy atom. The normalized spacial score (nSPS) is 20.0. The average Bonchev–Trinajstić information content (AvgIpc) is 2.39. The maximum absolute atomic E-state index is 5.94. The topological polar surface area (TPSA) is 40.2 Å². The molecule has 0 amide bonds. The van der Waals surface area contributed by atoms with Crippen molar-refractivity contribution in [1.82, 2.24) is 4.90 Å². The first-order chi connectivity index (χ1) is 8.70. The molecule has 6 heteroatoms. The van der Waals surface area contributed by atoms with Crippen molar-refractivity contribution in [3.8, 4) is 0 Å². The molecular weight excluding hydrogens is 250 g/mol. The van der Waals surface area contributed by atoms with E-state index in [-0.39, 0.29) is 5.67 Å². The molecule has 108 valence electrons. The Hall–Kier alpha value is 0.0169. The summed E-state index contributed by atoms with van der Waals surface area (Å²) in [4.78, 5) is 2.36. The highest BCUT2D eigenvalue weighted by Crippen LogP contribution is 2.20. The van der Waals surface area contributed by atoms with Gasteiger partial charge in [-0.3, -0.25) is 4.90 Å². The molecule has 0 aromatic rings. The van der Waals surface area contributed by atoms with Crippen LogP contribution in [0.3, 0.4) is 0 Å². The number of morpholine rings is 1. The van der Waals surface area contributed by atoms with Crippen LogP contribution in [0.1, 0.15) is 27.7 Å². The second kappa shape index (κ2) is 8.24. The monoisotopic (exact) mass is 277 g/mol. The minimum Gasteiger partial charge on any atom is -0.379 e. The number of nitrogens with zero attached hydrogens (tertiary/aromatic N) is 1. The molecule has 0 spiro atoms. The van der Waals surface area contributed by atoms with Crippen LogP contribution in [0, 0.1) is 0 Å². The van der Waals surface area contributed by atoms with Crippen LogP contribution in [0.25, 0.3) is 0 Å². The molecule has 0 N–H and O–H groups in total. The molecule has 18 heavy (non-hydrogen) atoms. The number of ether oxygens (including phenoxy) is 1. The summed E-state index contributed by atoms with van der Waals surface area (Å²) in [6.07, 6.45) is 0. The van der Waals surface area contributed by atoms with Crippen LogP contribution in [0.5, 0.6) is 0 Å². The molecule has 1 aliphatic rings. The van der Waals surface area contributed by atoms with E-state index >= 15 is 0 Å². The lowest BCUT2D eigenvalue weighted by atomic mass is 10.4. The Morgan fingerprint density at radius 1 is 1.00 bits per heavy atom. The Labute approximate surface area is 112 Å². The third-order valence-electron chi connectivity index (χ3n) is 3.14. The summed E-state index contributed by atoms with van der Waals surface area (Å²) in [7, 11) is -2.62. The highest BCUT2D eigenvalue weighted by Gasteiger charge is 2.49. The zero-order valence-corrected chi connectivity index (χ0v) is 13.1. The van der Waals surface area contributed by atoms with Crippen molar-refractivity contribution in [1.29, 1.82) is 0 Å². The lowest BCUT2D eigenvalue weighted by Gasteiger charge is -2.40. The molecule has 0 saturated carbocycles. The highest BCUT2D eigenvalue weighted by molar-refractivity contribution is 6.62. The summed E-state index contributed by atoms with van der Waals surface area (Å²) in [5.74, 6) is 0. The van der Waals surface area contributed by atoms with Crippen LogP contribution in [-0.4, -0.2) is 65.5 Å².